The molecule has 0 aliphatic carbocycles. The van der Waals surface area contributed by atoms with Crippen molar-refractivity contribution in [2.24, 2.45) is 0 Å². The Morgan fingerprint density at radius 2 is 1.65 bits per heavy atom. The third kappa shape index (κ3) is 2.44. The molecule has 1 heterocycles. The number of hydrogen-bond donors (Lipinski definition) is 0. The first-order valence-corrected chi connectivity index (χ1v) is 6.92. The lowest BCUT2D eigenvalue weighted by Gasteiger charge is -2.19. The van der Waals surface area contributed by atoms with Crippen LogP contribution in [0.25, 0.3) is 22.2 Å². The van der Waals surface area contributed by atoms with E-state index < -0.39 is 0 Å². The van der Waals surface area contributed by atoms with Crippen LogP contribution in [0.3, 0.4) is 0 Å². The first kappa shape index (κ1) is 12.9. The fourth-order valence-corrected chi connectivity index (χ4v) is 2.31. The zero-order valence-electron chi connectivity index (χ0n) is 12.1. The zero-order valence-corrected chi connectivity index (χ0v) is 12.1. The van der Waals surface area contributed by atoms with Crippen LogP contribution in [0.5, 0.6) is 0 Å². The summed E-state index contributed by atoms with van der Waals surface area (Å²) in [6.45, 7) is 6.68. The van der Waals surface area contributed by atoms with Gasteiger partial charge >= 0.3 is 0 Å². The largest absolute Gasteiger partial charge is 0.248 e. The molecule has 1 nitrogen and oxygen atoms in total. The van der Waals surface area contributed by atoms with E-state index in [1.165, 1.54) is 5.56 Å². The number of fused-ring (bicyclic) bond motifs is 1. The van der Waals surface area contributed by atoms with Crippen LogP contribution in [0.1, 0.15) is 26.3 Å². The highest BCUT2D eigenvalue weighted by Crippen LogP contribution is 2.26. The van der Waals surface area contributed by atoms with E-state index in [2.05, 4.69) is 63.2 Å². The van der Waals surface area contributed by atoms with Crippen molar-refractivity contribution in [3.05, 3.63) is 66.2 Å². The summed E-state index contributed by atoms with van der Waals surface area (Å²) in [6, 6.07) is 21.9. The van der Waals surface area contributed by atoms with Gasteiger partial charge in [-0.15, -0.1) is 0 Å². The summed E-state index contributed by atoms with van der Waals surface area (Å²) in [5, 5.41) is 1.15. The van der Waals surface area contributed by atoms with Crippen LogP contribution in [-0.2, 0) is 5.41 Å². The number of aromatic nitrogens is 1. The van der Waals surface area contributed by atoms with Gasteiger partial charge in [0.05, 0.1) is 11.2 Å². The predicted molar refractivity (Wildman–Crippen MR) is 84.7 cm³/mol. The van der Waals surface area contributed by atoms with Crippen LogP contribution in [0.15, 0.2) is 54.6 Å². The van der Waals surface area contributed by atoms with Crippen molar-refractivity contribution in [2.45, 2.75) is 26.2 Å². The van der Waals surface area contributed by atoms with Crippen molar-refractivity contribution < 1.29 is 0 Å². The Kier molecular flexibility index (Phi) is 3.06. The number of benzene rings is 2. The van der Waals surface area contributed by atoms with Crippen molar-refractivity contribution >= 4 is 10.9 Å². The fourth-order valence-electron chi connectivity index (χ4n) is 2.31. The Labute approximate surface area is 120 Å². The van der Waals surface area contributed by atoms with Gasteiger partial charge in [-0.05, 0) is 29.2 Å². The SMILES string of the molecule is CC(C)(C)c1ccc(-c2ccc3cc[c]cc3n2)cc1. The highest BCUT2D eigenvalue weighted by molar-refractivity contribution is 5.81. The molecule has 1 radical (unpaired) electrons. The van der Waals surface area contributed by atoms with Gasteiger partial charge in [-0.3, -0.25) is 0 Å². The van der Waals surface area contributed by atoms with Crippen LogP contribution in [0.2, 0.25) is 0 Å². The molecule has 2 aromatic carbocycles. The van der Waals surface area contributed by atoms with E-state index in [1.807, 2.05) is 18.2 Å². The Hall–Kier alpha value is -2.15. The summed E-state index contributed by atoms with van der Waals surface area (Å²) in [5.74, 6) is 0. The molecule has 3 rings (SSSR count). The predicted octanol–water partition coefficient (Wildman–Crippen LogP) is 5.00. The van der Waals surface area contributed by atoms with E-state index >= 15 is 0 Å². The fraction of sp³-hybridized carbons (Fsp3) is 0.211. The maximum atomic E-state index is 4.71. The zero-order chi connectivity index (χ0) is 14.2. The van der Waals surface area contributed by atoms with E-state index in [4.69, 9.17) is 4.98 Å². The van der Waals surface area contributed by atoms with E-state index in [9.17, 15) is 0 Å². The molecule has 3 aromatic rings. The number of hydrogen-bond acceptors (Lipinski definition) is 1. The van der Waals surface area contributed by atoms with Crippen LogP contribution < -0.4 is 0 Å². The molecule has 99 valence electrons. The van der Waals surface area contributed by atoms with E-state index in [0.29, 0.717) is 0 Å². The first-order chi connectivity index (χ1) is 9.54. The van der Waals surface area contributed by atoms with Gasteiger partial charge in [0.15, 0.2) is 0 Å². The Balaban J connectivity index is 2.02. The van der Waals surface area contributed by atoms with Gasteiger partial charge < -0.3 is 0 Å². The average molecular weight is 260 g/mol. The van der Waals surface area contributed by atoms with E-state index in [1.54, 1.807) is 0 Å². The highest BCUT2D eigenvalue weighted by atomic mass is 14.7. The van der Waals surface area contributed by atoms with Crippen LogP contribution >= 0.6 is 0 Å². The number of pyridine rings is 1. The molecule has 0 unspecified atom stereocenters. The van der Waals surface area contributed by atoms with Crippen molar-refractivity contribution in [3.63, 3.8) is 0 Å². The average Bonchev–Trinajstić information content (AvgIpc) is 2.46. The van der Waals surface area contributed by atoms with Crippen molar-refractivity contribution in [1.29, 1.82) is 0 Å². The second kappa shape index (κ2) is 4.75. The number of nitrogens with zero attached hydrogens (tertiary/aromatic N) is 1. The standard InChI is InChI=1S/C19H18N/c1-19(2,3)16-11-8-15(9-12-16)18-13-10-14-6-4-5-7-17(14)20-18/h4,6-13H,1-3H3. The van der Waals surface area contributed by atoms with Crippen molar-refractivity contribution in [2.75, 3.05) is 0 Å². The van der Waals surface area contributed by atoms with Gasteiger partial charge in [0.2, 0.25) is 0 Å². The van der Waals surface area contributed by atoms with Crippen LogP contribution in [-0.4, -0.2) is 4.98 Å². The first-order valence-electron chi connectivity index (χ1n) is 6.92. The third-order valence-electron chi connectivity index (χ3n) is 3.58. The minimum atomic E-state index is 0.185. The topological polar surface area (TPSA) is 12.9 Å². The monoisotopic (exact) mass is 260 g/mol. The molecule has 0 amide bonds. The summed E-state index contributed by atoms with van der Waals surface area (Å²) in [7, 11) is 0. The van der Waals surface area contributed by atoms with Gasteiger partial charge in [0.1, 0.15) is 0 Å². The summed E-state index contributed by atoms with van der Waals surface area (Å²) < 4.78 is 0. The van der Waals surface area contributed by atoms with Crippen molar-refractivity contribution in [1.82, 2.24) is 4.98 Å². The van der Waals surface area contributed by atoms with Crippen molar-refractivity contribution in [3.8, 4) is 11.3 Å². The highest BCUT2D eigenvalue weighted by Gasteiger charge is 2.13. The van der Waals surface area contributed by atoms with Gasteiger partial charge in [-0.2, -0.15) is 0 Å². The Morgan fingerprint density at radius 3 is 2.35 bits per heavy atom. The lowest BCUT2D eigenvalue weighted by atomic mass is 9.86. The molecule has 0 spiro atoms. The molecule has 0 aliphatic rings. The van der Waals surface area contributed by atoms with Gasteiger partial charge in [-0.1, -0.05) is 63.2 Å². The molecule has 0 bridgehead atoms. The summed E-state index contributed by atoms with van der Waals surface area (Å²) in [4.78, 5) is 4.71. The number of rotatable bonds is 1. The maximum absolute atomic E-state index is 4.71. The minimum absolute atomic E-state index is 0.185. The van der Waals surface area contributed by atoms with Gasteiger partial charge in [0.25, 0.3) is 0 Å². The molecule has 0 fully saturated rings. The molecule has 0 saturated heterocycles. The Bertz CT molecular complexity index is 734. The second-order valence-corrected chi connectivity index (χ2v) is 6.14. The summed E-state index contributed by atoms with van der Waals surface area (Å²) in [6.07, 6.45) is 0. The van der Waals surface area contributed by atoms with E-state index in [-0.39, 0.29) is 5.41 Å². The van der Waals surface area contributed by atoms with Gasteiger partial charge in [0, 0.05) is 10.9 Å². The molecule has 0 aliphatic heterocycles. The van der Waals surface area contributed by atoms with E-state index in [0.717, 1.165) is 22.2 Å². The Morgan fingerprint density at radius 1 is 0.900 bits per heavy atom. The molecule has 20 heavy (non-hydrogen) atoms. The molecule has 0 N–H and O–H groups in total. The summed E-state index contributed by atoms with van der Waals surface area (Å²) >= 11 is 0. The quantitative estimate of drug-likeness (QED) is 0.600. The molecule has 1 heteroatoms. The lowest BCUT2D eigenvalue weighted by Crippen LogP contribution is -2.10. The maximum Gasteiger partial charge on any atom is 0.0715 e. The van der Waals surface area contributed by atoms with Crippen LogP contribution in [0.4, 0.5) is 0 Å². The smallest absolute Gasteiger partial charge is 0.0715 e. The molecule has 0 atom stereocenters. The molecule has 0 saturated carbocycles. The molecular formula is C19H18N. The third-order valence-corrected chi connectivity index (χ3v) is 3.58. The lowest BCUT2D eigenvalue weighted by molar-refractivity contribution is 0.590. The summed E-state index contributed by atoms with van der Waals surface area (Å²) in [5.41, 5.74) is 4.69. The van der Waals surface area contributed by atoms with Gasteiger partial charge in [-0.25, -0.2) is 4.98 Å². The molecule has 1 aromatic heterocycles. The van der Waals surface area contributed by atoms with Crippen LogP contribution in [0, 0.1) is 6.07 Å². The second-order valence-electron chi connectivity index (χ2n) is 6.14. The minimum Gasteiger partial charge on any atom is -0.248 e. The molecular weight excluding hydrogens is 242 g/mol. The normalized spacial score (nSPS) is 11.8.